The number of piperidine rings is 1. The van der Waals surface area contributed by atoms with E-state index in [1.54, 1.807) is 0 Å². The van der Waals surface area contributed by atoms with Crippen LogP contribution in [0.1, 0.15) is 43.7 Å². The quantitative estimate of drug-likeness (QED) is 0.884. The van der Waals surface area contributed by atoms with E-state index < -0.39 is 0 Å². The zero-order valence-electron chi connectivity index (χ0n) is 11.7. The number of likely N-dealkylation sites (tertiary alicyclic amines) is 1. The molecule has 1 heterocycles. The Labute approximate surface area is 111 Å². The molecular formula is C16H26N2. The number of benzene rings is 1. The number of aryl methyl sites for hydroxylation is 1. The van der Waals surface area contributed by atoms with Gasteiger partial charge in [-0.3, -0.25) is 4.90 Å². The molecule has 18 heavy (non-hydrogen) atoms. The maximum Gasteiger partial charge on any atom is 0.0236 e. The van der Waals surface area contributed by atoms with Gasteiger partial charge in [0, 0.05) is 18.6 Å². The molecule has 2 rings (SSSR count). The van der Waals surface area contributed by atoms with E-state index in [-0.39, 0.29) is 0 Å². The van der Waals surface area contributed by atoms with Gasteiger partial charge < -0.3 is 5.73 Å². The normalized spacial score (nSPS) is 22.9. The van der Waals surface area contributed by atoms with Gasteiger partial charge in [0.05, 0.1) is 0 Å². The van der Waals surface area contributed by atoms with Crippen LogP contribution < -0.4 is 5.73 Å². The third-order valence-electron chi connectivity index (χ3n) is 3.90. The summed E-state index contributed by atoms with van der Waals surface area (Å²) in [5.41, 5.74) is 8.74. The van der Waals surface area contributed by atoms with Crippen LogP contribution in [0.5, 0.6) is 0 Å². The molecule has 0 spiro atoms. The van der Waals surface area contributed by atoms with Crippen molar-refractivity contribution in [2.45, 2.75) is 58.2 Å². The van der Waals surface area contributed by atoms with E-state index in [2.05, 4.69) is 43.0 Å². The standard InChI is InChI=1S/C16H26N2/c1-13-6-8-15(9-7-13)12-18-10-4-3-5-16(18)11-14(2)17/h6-9,14,16H,3-5,10-12,17H2,1-2H3. The Morgan fingerprint density at radius 3 is 2.67 bits per heavy atom. The molecule has 1 aliphatic rings. The molecule has 0 aliphatic carbocycles. The smallest absolute Gasteiger partial charge is 0.0236 e. The van der Waals surface area contributed by atoms with Gasteiger partial charge in [0.25, 0.3) is 0 Å². The molecule has 1 saturated heterocycles. The summed E-state index contributed by atoms with van der Waals surface area (Å²) in [6.07, 6.45) is 5.14. The molecule has 0 amide bonds. The highest BCUT2D eigenvalue weighted by atomic mass is 15.2. The summed E-state index contributed by atoms with van der Waals surface area (Å²) in [4.78, 5) is 2.62. The second-order valence-corrected chi connectivity index (χ2v) is 5.82. The first-order chi connectivity index (χ1) is 8.65. The van der Waals surface area contributed by atoms with Crippen LogP contribution in [0.15, 0.2) is 24.3 Å². The van der Waals surface area contributed by atoms with Crippen LogP contribution in [0.25, 0.3) is 0 Å². The van der Waals surface area contributed by atoms with Crippen LogP contribution in [0.3, 0.4) is 0 Å². The molecule has 100 valence electrons. The van der Waals surface area contributed by atoms with Gasteiger partial charge in [0.1, 0.15) is 0 Å². The van der Waals surface area contributed by atoms with Gasteiger partial charge in [0.15, 0.2) is 0 Å². The summed E-state index contributed by atoms with van der Waals surface area (Å²) in [6, 6.07) is 9.92. The summed E-state index contributed by atoms with van der Waals surface area (Å²) in [7, 11) is 0. The average molecular weight is 246 g/mol. The number of hydrogen-bond acceptors (Lipinski definition) is 2. The Morgan fingerprint density at radius 1 is 1.28 bits per heavy atom. The summed E-state index contributed by atoms with van der Waals surface area (Å²) in [5.74, 6) is 0. The highest BCUT2D eigenvalue weighted by molar-refractivity contribution is 5.21. The van der Waals surface area contributed by atoms with Crippen LogP contribution in [-0.2, 0) is 6.54 Å². The molecule has 1 fully saturated rings. The van der Waals surface area contributed by atoms with Crippen LogP contribution in [0.2, 0.25) is 0 Å². The molecule has 0 radical (unpaired) electrons. The summed E-state index contributed by atoms with van der Waals surface area (Å²) in [6.45, 7) is 6.57. The molecule has 2 N–H and O–H groups in total. The van der Waals surface area contributed by atoms with Crippen LogP contribution >= 0.6 is 0 Å². The Hall–Kier alpha value is -0.860. The van der Waals surface area contributed by atoms with E-state index in [9.17, 15) is 0 Å². The topological polar surface area (TPSA) is 29.3 Å². The second kappa shape index (κ2) is 6.35. The first-order valence-corrected chi connectivity index (χ1v) is 7.20. The molecule has 1 aromatic carbocycles. The Kier molecular flexibility index (Phi) is 4.79. The first-order valence-electron chi connectivity index (χ1n) is 7.20. The maximum atomic E-state index is 5.97. The summed E-state index contributed by atoms with van der Waals surface area (Å²) >= 11 is 0. The van der Waals surface area contributed by atoms with E-state index >= 15 is 0 Å². The molecule has 0 aromatic heterocycles. The monoisotopic (exact) mass is 246 g/mol. The lowest BCUT2D eigenvalue weighted by atomic mass is 9.96. The highest BCUT2D eigenvalue weighted by Gasteiger charge is 2.23. The Morgan fingerprint density at radius 2 is 2.00 bits per heavy atom. The molecule has 2 atom stereocenters. The van der Waals surface area contributed by atoms with Gasteiger partial charge in [-0.05, 0) is 45.2 Å². The van der Waals surface area contributed by atoms with Crippen molar-refractivity contribution in [2.24, 2.45) is 5.73 Å². The lowest BCUT2D eigenvalue weighted by Crippen LogP contribution is -2.41. The fourth-order valence-corrected chi connectivity index (χ4v) is 2.89. The highest BCUT2D eigenvalue weighted by Crippen LogP contribution is 2.22. The average Bonchev–Trinajstić information content (AvgIpc) is 2.34. The summed E-state index contributed by atoms with van der Waals surface area (Å²) < 4.78 is 0. The van der Waals surface area contributed by atoms with Crippen LogP contribution in [-0.4, -0.2) is 23.5 Å². The maximum absolute atomic E-state index is 5.97. The van der Waals surface area contributed by atoms with E-state index in [0.717, 1.165) is 13.0 Å². The van der Waals surface area contributed by atoms with Crippen molar-refractivity contribution in [1.29, 1.82) is 0 Å². The minimum absolute atomic E-state index is 0.314. The third kappa shape index (κ3) is 3.82. The van der Waals surface area contributed by atoms with E-state index in [0.29, 0.717) is 12.1 Å². The van der Waals surface area contributed by atoms with Crippen molar-refractivity contribution >= 4 is 0 Å². The lowest BCUT2D eigenvalue weighted by molar-refractivity contribution is 0.127. The van der Waals surface area contributed by atoms with Gasteiger partial charge >= 0.3 is 0 Å². The molecule has 2 unspecified atom stereocenters. The lowest BCUT2D eigenvalue weighted by Gasteiger charge is -2.36. The van der Waals surface area contributed by atoms with Crippen LogP contribution in [0.4, 0.5) is 0 Å². The largest absolute Gasteiger partial charge is 0.328 e. The second-order valence-electron chi connectivity index (χ2n) is 5.82. The minimum atomic E-state index is 0.314. The molecule has 2 nitrogen and oxygen atoms in total. The van der Waals surface area contributed by atoms with Crippen molar-refractivity contribution in [1.82, 2.24) is 4.90 Å². The van der Waals surface area contributed by atoms with E-state index in [1.165, 1.54) is 36.9 Å². The fraction of sp³-hybridized carbons (Fsp3) is 0.625. The molecule has 2 heteroatoms. The summed E-state index contributed by atoms with van der Waals surface area (Å²) in [5, 5.41) is 0. The minimum Gasteiger partial charge on any atom is -0.328 e. The first kappa shape index (κ1) is 13.6. The van der Waals surface area contributed by atoms with Crippen molar-refractivity contribution < 1.29 is 0 Å². The molecular weight excluding hydrogens is 220 g/mol. The SMILES string of the molecule is Cc1ccc(CN2CCCCC2CC(C)N)cc1. The van der Waals surface area contributed by atoms with Crippen molar-refractivity contribution in [3.05, 3.63) is 35.4 Å². The fourth-order valence-electron chi connectivity index (χ4n) is 2.89. The van der Waals surface area contributed by atoms with Gasteiger partial charge in [-0.1, -0.05) is 36.2 Å². The van der Waals surface area contributed by atoms with Crippen LogP contribution in [0, 0.1) is 6.92 Å². The van der Waals surface area contributed by atoms with E-state index in [1.807, 2.05) is 0 Å². The predicted molar refractivity (Wildman–Crippen MR) is 77.5 cm³/mol. The number of hydrogen-bond donors (Lipinski definition) is 1. The molecule has 1 aliphatic heterocycles. The number of nitrogens with zero attached hydrogens (tertiary/aromatic N) is 1. The zero-order chi connectivity index (χ0) is 13.0. The van der Waals surface area contributed by atoms with Crippen molar-refractivity contribution in [3.63, 3.8) is 0 Å². The van der Waals surface area contributed by atoms with Gasteiger partial charge in [-0.25, -0.2) is 0 Å². The van der Waals surface area contributed by atoms with Gasteiger partial charge in [-0.15, -0.1) is 0 Å². The molecule has 0 bridgehead atoms. The van der Waals surface area contributed by atoms with Crippen molar-refractivity contribution in [3.8, 4) is 0 Å². The Bertz CT molecular complexity index is 356. The zero-order valence-corrected chi connectivity index (χ0v) is 11.7. The van der Waals surface area contributed by atoms with E-state index in [4.69, 9.17) is 5.73 Å². The number of rotatable bonds is 4. The van der Waals surface area contributed by atoms with Crippen molar-refractivity contribution in [2.75, 3.05) is 6.54 Å². The predicted octanol–water partition coefficient (Wildman–Crippen LogP) is 3.09. The van der Waals surface area contributed by atoms with Gasteiger partial charge in [0.2, 0.25) is 0 Å². The third-order valence-corrected chi connectivity index (χ3v) is 3.90. The molecule has 1 aromatic rings. The van der Waals surface area contributed by atoms with Gasteiger partial charge in [-0.2, -0.15) is 0 Å². The number of nitrogens with two attached hydrogens (primary N) is 1. The molecule has 0 saturated carbocycles. The Balaban J connectivity index is 1.98.